The summed E-state index contributed by atoms with van der Waals surface area (Å²) in [5, 5.41) is 4.76. The Labute approximate surface area is 337 Å². The van der Waals surface area contributed by atoms with Gasteiger partial charge in [-0.2, -0.15) is 14.7 Å². The smallest absolute Gasteiger partial charge is 0.189 e. The van der Waals surface area contributed by atoms with Crippen molar-refractivity contribution in [3.8, 4) is 33.4 Å². The molecular formula is C52H64O3P+. The highest BCUT2D eigenvalue weighted by Gasteiger charge is 2.44. The third kappa shape index (κ3) is 8.12. The molecule has 0 saturated carbocycles. The van der Waals surface area contributed by atoms with E-state index < -0.39 is 13.4 Å². The number of hydrogen-bond acceptors (Lipinski definition) is 3. The lowest BCUT2D eigenvalue weighted by Gasteiger charge is -2.33. The largest absolute Gasteiger partial charge is 0.441 e. The van der Waals surface area contributed by atoms with E-state index in [1.54, 1.807) is 0 Å². The van der Waals surface area contributed by atoms with Crippen molar-refractivity contribution in [3.05, 3.63) is 125 Å². The molecule has 0 bridgehead atoms. The summed E-state index contributed by atoms with van der Waals surface area (Å²) < 4.78 is 0. The van der Waals surface area contributed by atoms with Crippen LogP contribution in [-0.2, 0) is 27.1 Å². The number of hydrogen-bond donors (Lipinski definition) is 3. The Balaban J connectivity index is 1.91. The molecule has 6 aromatic carbocycles. The first-order valence-corrected chi connectivity index (χ1v) is 21.7. The monoisotopic (exact) mass is 767 g/mol. The van der Waals surface area contributed by atoms with Gasteiger partial charge in [-0.25, -0.2) is 0 Å². The van der Waals surface area contributed by atoms with Gasteiger partial charge in [0.05, 0.1) is 0 Å². The van der Waals surface area contributed by atoms with Crippen molar-refractivity contribution in [2.45, 2.75) is 131 Å². The van der Waals surface area contributed by atoms with Gasteiger partial charge in [-0.3, -0.25) is 0 Å². The number of benzene rings is 6. The highest BCUT2D eigenvalue weighted by molar-refractivity contribution is 7.66. The minimum Gasteiger partial charge on any atom is -0.189 e. The first kappa shape index (κ1) is 41.8. The predicted molar refractivity (Wildman–Crippen MR) is 244 cm³/mol. The maximum atomic E-state index is 11.6. The SMILES string of the molecule is CC(C)(C)c1ccc2cc(-c3cc([P+](O)(O)O)c(C(C)(C)C)c(-c4cc5ccc(C(C)(C)C)cc5cc4C(C)(C)C)c3-c3ccccc3)c(C(C)(C)C)cc2c1. The predicted octanol–water partition coefficient (Wildman–Crippen LogP) is 13.8. The summed E-state index contributed by atoms with van der Waals surface area (Å²) in [5.41, 5.74) is 10.3. The molecule has 0 heterocycles. The van der Waals surface area contributed by atoms with Crippen LogP contribution in [0.4, 0.5) is 0 Å². The summed E-state index contributed by atoms with van der Waals surface area (Å²) >= 11 is 0. The zero-order chi connectivity index (χ0) is 41.6. The minimum atomic E-state index is -4.57. The second kappa shape index (κ2) is 13.9. The van der Waals surface area contributed by atoms with Gasteiger partial charge in [0.2, 0.25) is 0 Å². The molecule has 0 fully saturated rings. The van der Waals surface area contributed by atoms with Crippen molar-refractivity contribution in [1.82, 2.24) is 0 Å². The lowest BCUT2D eigenvalue weighted by molar-refractivity contribution is 0.346. The Morgan fingerprint density at radius 2 is 0.821 bits per heavy atom. The normalized spacial score (nSPS) is 13.5. The van der Waals surface area contributed by atoms with Gasteiger partial charge in [-0.15, -0.1) is 0 Å². The quantitative estimate of drug-likeness (QED) is 0.157. The molecule has 4 heteroatoms. The summed E-state index contributed by atoms with van der Waals surface area (Å²) in [4.78, 5) is 34.7. The molecule has 0 aromatic heterocycles. The Bertz CT molecular complexity index is 2450. The van der Waals surface area contributed by atoms with Crippen LogP contribution in [0, 0.1) is 0 Å². The van der Waals surface area contributed by atoms with Crippen LogP contribution in [0.2, 0.25) is 0 Å². The zero-order valence-electron chi connectivity index (χ0n) is 36.5. The van der Waals surface area contributed by atoms with Crippen molar-refractivity contribution < 1.29 is 14.7 Å². The van der Waals surface area contributed by atoms with Crippen molar-refractivity contribution in [1.29, 1.82) is 0 Å². The van der Waals surface area contributed by atoms with Gasteiger partial charge < -0.3 is 0 Å². The van der Waals surface area contributed by atoms with Crippen molar-refractivity contribution in [2.24, 2.45) is 0 Å². The van der Waals surface area contributed by atoms with Gasteiger partial charge in [0, 0.05) is 5.56 Å². The number of fused-ring (bicyclic) bond motifs is 2. The summed E-state index contributed by atoms with van der Waals surface area (Å²) in [7, 11) is -4.57. The van der Waals surface area contributed by atoms with Crippen LogP contribution >= 0.6 is 7.94 Å². The van der Waals surface area contributed by atoms with Gasteiger partial charge in [-0.05, 0) is 135 Å². The third-order valence-corrected chi connectivity index (χ3v) is 12.3. The van der Waals surface area contributed by atoms with Gasteiger partial charge in [0.15, 0.2) is 5.30 Å². The molecule has 6 rings (SSSR count). The molecular weight excluding hydrogens is 704 g/mol. The second-order valence-electron chi connectivity index (χ2n) is 21.2. The van der Waals surface area contributed by atoms with E-state index in [-0.39, 0.29) is 27.0 Å². The molecule has 0 saturated heterocycles. The standard InChI is InChI=1S/C52H64O3P/c1-48(2,3)37-23-21-33-27-39(42(50(7,8)9)29-35(33)25-37)40-31-44(56(53,54)55)47(52(13,14)15)46(45(40)32-19-17-16-18-20-32)41-28-34-22-24-38(49(4,5)6)26-36(34)30-43(41)51(10,11)12/h16-31,53-55H,1-15H3/q+1. The average Bonchev–Trinajstić information content (AvgIpc) is 3.07. The van der Waals surface area contributed by atoms with Crippen LogP contribution in [0.1, 0.15) is 132 Å². The molecule has 3 nitrogen and oxygen atoms in total. The first-order valence-electron chi connectivity index (χ1n) is 20.1. The fourth-order valence-corrected chi connectivity index (χ4v) is 9.30. The van der Waals surface area contributed by atoms with Crippen LogP contribution in [0.25, 0.3) is 54.9 Å². The van der Waals surface area contributed by atoms with Gasteiger partial charge in [-0.1, -0.05) is 171 Å². The highest BCUT2D eigenvalue weighted by Crippen LogP contribution is 2.55. The van der Waals surface area contributed by atoms with E-state index in [0.29, 0.717) is 0 Å². The van der Waals surface area contributed by atoms with Crippen LogP contribution in [0.15, 0.2) is 97.1 Å². The molecule has 0 aliphatic heterocycles. The molecule has 0 atom stereocenters. The van der Waals surface area contributed by atoms with Crippen LogP contribution in [-0.4, -0.2) is 14.7 Å². The molecule has 0 unspecified atom stereocenters. The maximum absolute atomic E-state index is 11.6. The van der Waals surface area contributed by atoms with Crippen molar-refractivity contribution in [2.75, 3.05) is 0 Å². The van der Waals surface area contributed by atoms with E-state index in [1.807, 2.05) is 12.1 Å². The van der Waals surface area contributed by atoms with E-state index in [2.05, 4.69) is 189 Å². The molecule has 294 valence electrons. The molecule has 56 heavy (non-hydrogen) atoms. The van der Waals surface area contributed by atoms with Crippen LogP contribution in [0.5, 0.6) is 0 Å². The summed E-state index contributed by atoms with van der Waals surface area (Å²) in [6.45, 7) is 33.3. The average molecular weight is 768 g/mol. The lowest BCUT2D eigenvalue weighted by Crippen LogP contribution is -2.28. The first-order chi connectivity index (χ1) is 25.6. The summed E-state index contributed by atoms with van der Waals surface area (Å²) in [6.07, 6.45) is 0. The fourth-order valence-electron chi connectivity index (χ4n) is 8.25. The van der Waals surface area contributed by atoms with Gasteiger partial charge >= 0.3 is 7.94 Å². The van der Waals surface area contributed by atoms with Crippen molar-refractivity contribution in [3.63, 3.8) is 0 Å². The van der Waals surface area contributed by atoms with Crippen LogP contribution in [0.3, 0.4) is 0 Å². The molecule has 6 aromatic rings. The molecule has 0 spiro atoms. The topological polar surface area (TPSA) is 60.7 Å². The summed E-state index contributed by atoms with van der Waals surface area (Å²) in [5.74, 6) is 0. The fraction of sp³-hybridized carbons (Fsp3) is 0.385. The molecule has 0 aliphatic carbocycles. The summed E-state index contributed by atoms with van der Waals surface area (Å²) in [6, 6.07) is 35.2. The van der Waals surface area contributed by atoms with E-state index in [4.69, 9.17) is 0 Å². The second-order valence-corrected chi connectivity index (χ2v) is 22.8. The van der Waals surface area contributed by atoms with Gasteiger partial charge in [0.25, 0.3) is 0 Å². The Kier molecular flexibility index (Phi) is 10.4. The van der Waals surface area contributed by atoms with E-state index in [0.717, 1.165) is 60.8 Å². The van der Waals surface area contributed by atoms with Gasteiger partial charge in [0.1, 0.15) is 0 Å². The molecule has 0 radical (unpaired) electrons. The zero-order valence-corrected chi connectivity index (χ0v) is 37.4. The Morgan fingerprint density at radius 3 is 1.23 bits per heavy atom. The highest BCUT2D eigenvalue weighted by atomic mass is 31.2. The minimum absolute atomic E-state index is 0.00281. The van der Waals surface area contributed by atoms with E-state index >= 15 is 0 Å². The molecule has 3 N–H and O–H groups in total. The molecule has 0 amide bonds. The van der Waals surface area contributed by atoms with Crippen LogP contribution < -0.4 is 5.30 Å². The molecule has 0 aliphatic rings. The Morgan fingerprint density at radius 1 is 0.375 bits per heavy atom. The van der Waals surface area contributed by atoms with E-state index in [9.17, 15) is 14.7 Å². The van der Waals surface area contributed by atoms with E-state index in [1.165, 1.54) is 21.9 Å². The maximum Gasteiger partial charge on any atom is 0.441 e. The lowest BCUT2D eigenvalue weighted by atomic mass is 9.71. The number of rotatable bonds is 4. The van der Waals surface area contributed by atoms with Crippen molar-refractivity contribution >= 4 is 34.8 Å². The Hall–Kier alpha value is -3.85. The third-order valence-electron chi connectivity index (χ3n) is 11.3.